The number of piperidine rings is 2. The maximum atomic E-state index is 10.8. The molecule has 0 amide bonds. The molecule has 0 aromatic heterocycles. The van der Waals surface area contributed by atoms with Crippen molar-refractivity contribution in [3.8, 4) is 0 Å². The molecule has 4 atom stereocenters. The van der Waals surface area contributed by atoms with Crippen LogP contribution >= 0.6 is 0 Å². The number of hydrogen-bond donors (Lipinski definition) is 3. The van der Waals surface area contributed by atoms with Crippen LogP contribution in [0.1, 0.15) is 32.6 Å². The quantitative estimate of drug-likeness (QED) is 0.652. The monoisotopic (exact) mass is 226 g/mol. The van der Waals surface area contributed by atoms with E-state index in [0.29, 0.717) is 18.6 Å². The maximum Gasteiger partial charge on any atom is 0.307 e. The van der Waals surface area contributed by atoms with Gasteiger partial charge in [0.1, 0.15) is 0 Å². The van der Waals surface area contributed by atoms with Crippen molar-refractivity contribution in [2.24, 2.45) is 11.8 Å². The van der Waals surface area contributed by atoms with Crippen LogP contribution < -0.4 is 10.6 Å². The fraction of sp³-hybridized carbons (Fsp3) is 0.917. The van der Waals surface area contributed by atoms with Crippen molar-refractivity contribution >= 4 is 5.97 Å². The zero-order valence-corrected chi connectivity index (χ0v) is 9.91. The number of rotatable bonds is 2. The first-order valence-corrected chi connectivity index (χ1v) is 6.36. The molecule has 0 saturated carbocycles. The van der Waals surface area contributed by atoms with E-state index in [1.807, 2.05) is 0 Å². The number of carboxylic acid groups (broad SMARTS) is 1. The van der Waals surface area contributed by atoms with Gasteiger partial charge in [0.25, 0.3) is 0 Å². The standard InChI is InChI=1S/C12H22N2O2/c1-8-6-9(4-5-13-8)11-3-2-10(7-14-11)12(15)16/h8-11,13-14H,2-7H2,1H3,(H,15,16). The normalized spacial score (nSPS) is 40.6. The minimum atomic E-state index is -0.648. The smallest absolute Gasteiger partial charge is 0.307 e. The van der Waals surface area contributed by atoms with Gasteiger partial charge in [-0.1, -0.05) is 0 Å². The first-order valence-electron chi connectivity index (χ1n) is 6.36. The number of carboxylic acids is 1. The molecule has 4 nitrogen and oxygen atoms in total. The summed E-state index contributed by atoms with van der Waals surface area (Å²) in [5.74, 6) is -0.0917. The Kier molecular flexibility index (Phi) is 3.82. The predicted molar refractivity (Wildman–Crippen MR) is 62.3 cm³/mol. The third kappa shape index (κ3) is 2.74. The number of hydrogen-bond acceptors (Lipinski definition) is 3. The molecule has 0 bridgehead atoms. The molecule has 0 radical (unpaired) electrons. The molecule has 2 rings (SSSR count). The fourth-order valence-electron chi connectivity index (χ4n) is 3.03. The number of aliphatic carboxylic acids is 1. The summed E-state index contributed by atoms with van der Waals surface area (Å²) in [5.41, 5.74) is 0. The molecule has 3 N–H and O–H groups in total. The largest absolute Gasteiger partial charge is 0.481 e. The lowest BCUT2D eigenvalue weighted by atomic mass is 9.81. The van der Waals surface area contributed by atoms with Gasteiger partial charge in [-0.3, -0.25) is 4.79 Å². The average Bonchev–Trinajstić information content (AvgIpc) is 2.29. The summed E-state index contributed by atoms with van der Waals surface area (Å²) in [7, 11) is 0. The molecule has 2 saturated heterocycles. The third-order valence-electron chi connectivity index (χ3n) is 4.04. The Hall–Kier alpha value is -0.610. The van der Waals surface area contributed by atoms with E-state index in [1.165, 1.54) is 12.8 Å². The van der Waals surface area contributed by atoms with Crippen LogP contribution in [0.4, 0.5) is 0 Å². The second-order valence-corrected chi connectivity index (χ2v) is 5.27. The van der Waals surface area contributed by atoms with Crippen LogP contribution in [0.15, 0.2) is 0 Å². The van der Waals surface area contributed by atoms with Crippen LogP contribution in [0.2, 0.25) is 0 Å². The zero-order chi connectivity index (χ0) is 11.5. The van der Waals surface area contributed by atoms with Gasteiger partial charge < -0.3 is 15.7 Å². The molecule has 16 heavy (non-hydrogen) atoms. The highest BCUT2D eigenvalue weighted by Crippen LogP contribution is 2.26. The summed E-state index contributed by atoms with van der Waals surface area (Å²) in [6, 6.07) is 1.15. The molecule has 2 aliphatic rings. The first kappa shape index (κ1) is 11.9. The Bertz CT molecular complexity index is 249. The van der Waals surface area contributed by atoms with E-state index in [4.69, 9.17) is 5.11 Å². The SMILES string of the molecule is CC1CC(C2CCC(C(=O)O)CN2)CCN1. The molecular formula is C12H22N2O2. The van der Waals surface area contributed by atoms with Crippen molar-refractivity contribution in [2.75, 3.05) is 13.1 Å². The van der Waals surface area contributed by atoms with E-state index in [1.54, 1.807) is 0 Å². The second kappa shape index (κ2) is 5.15. The summed E-state index contributed by atoms with van der Waals surface area (Å²) in [6.45, 7) is 3.99. The van der Waals surface area contributed by atoms with Crippen LogP contribution in [0.3, 0.4) is 0 Å². The molecule has 0 aromatic rings. The van der Waals surface area contributed by atoms with Crippen LogP contribution in [0, 0.1) is 11.8 Å². The molecule has 0 aliphatic carbocycles. The molecule has 2 fully saturated rings. The topological polar surface area (TPSA) is 61.4 Å². The first-order chi connectivity index (χ1) is 7.66. The molecular weight excluding hydrogens is 204 g/mol. The highest BCUT2D eigenvalue weighted by Gasteiger charge is 2.31. The Labute approximate surface area is 96.8 Å². The molecule has 92 valence electrons. The summed E-state index contributed by atoms with van der Waals surface area (Å²) >= 11 is 0. The van der Waals surface area contributed by atoms with Crippen molar-refractivity contribution in [2.45, 2.75) is 44.7 Å². The van der Waals surface area contributed by atoms with E-state index in [9.17, 15) is 4.79 Å². The van der Waals surface area contributed by atoms with E-state index in [-0.39, 0.29) is 5.92 Å². The Morgan fingerprint density at radius 1 is 1.25 bits per heavy atom. The van der Waals surface area contributed by atoms with Crippen LogP contribution in [0.25, 0.3) is 0 Å². The lowest BCUT2D eigenvalue weighted by Crippen LogP contribution is -2.49. The highest BCUT2D eigenvalue weighted by molar-refractivity contribution is 5.70. The van der Waals surface area contributed by atoms with Gasteiger partial charge in [-0.2, -0.15) is 0 Å². The predicted octanol–water partition coefficient (Wildman–Crippen LogP) is 0.827. The van der Waals surface area contributed by atoms with Crippen LogP contribution in [-0.4, -0.2) is 36.2 Å². The minimum Gasteiger partial charge on any atom is -0.481 e. The summed E-state index contributed by atoms with van der Waals surface area (Å²) in [5, 5.41) is 15.8. The maximum absolute atomic E-state index is 10.8. The van der Waals surface area contributed by atoms with Crippen molar-refractivity contribution in [3.05, 3.63) is 0 Å². The lowest BCUT2D eigenvalue weighted by molar-refractivity contribution is -0.142. The summed E-state index contributed by atoms with van der Waals surface area (Å²) in [6.07, 6.45) is 4.30. The van der Waals surface area contributed by atoms with Gasteiger partial charge >= 0.3 is 5.97 Å². The summed E-state index contributed by atoms with van der Waals surface area (Å²) < 4.78 is 0. The van der Waals surface area contributed by atoms with Crippen molar-refractivity contribution in [1.29, 1.82) is 0 Å². The van der Waals surface area contributed by atoms with Gasteiger partial charge in [0.05, 0.1) is 5.92 Å². The van der Waals surface area contributed by atoms with Crippen molar-refractivity contribution in [1.82, 2.24) is 10.6 Å². The van der Waals surface area contributed by atoms with Gasteiger partial charge in [-0.15, -0.1) is 0 Å². The molecule has 2 aliphatic heterocycles. The van der Waals surface area contributed by atoms with Gasteiger partial charge in [-0.25, -0.2) is 0 Å². The molecule has 4 unspecified atom stereocenters. The Morgan fingerprint density at radius 3 is 2.62 bits per heavy atom. The van der Waals surface area contributed by atoms with E-state index >= 15 is 0 Å². The Balaban J connectivity index is 1.81. The third-order valence-corrected chi connectivity index (χ3v) is 4.04. The van der Waals surface area contributed by atoms with E-state index < -0.39 is 5.97 Å². The Morgan fingerprint density at radius 2 is 2.06 bits per heavy atom. The van der Waals surface area contributed by atoms with Gasteiger partial charge in [0.15, 0.2) is 0 Å². The van der Waals surface area contributed by atoms with E-state index in [0.717, 1.165) is 25.3 Å². The van der Waals surface area contributed by atoms with E-state index in [2.05, 4.69) is 17.6 Å². The average molecular weight is 226 g/mol. The molecule has 0 aromatic carbocycles. The highest BCUT2D eigenvalue weighted by atomic mass is 16.4. The molecule has 2 heterocycles. The van der Waals surface area contributed by atoms with Crippen molar-refractivity contribution in [3.63, 3.8) is 0 Å². The van der Waals surface area contributed by atoms with Crippen LogP contribution in [0.5, 0.6) is 0 Å². The van der Waals surface area contributed by atoms with Gasteiger partial charge in [-0.05, 0) is 45.1 Å². The van der Waals surface area contributed by atoms with Crippen molar-refractivity contribution < 1.29 is 9.90 Å². The fourth-order valence-corrected chi connectivity index (χ4v) is 3.03. The van der Waals surface area contributed by atoms with Gasteiger partial charge in [0.2, 0.25) is 0 Å². The molecule has 0 spiro atoms. The lowest BCUT2D eigenvalue weighted by Gasteiger charge is -2.38. The molecule has 4 heteroatoms. The zero-order valence-electron chi connectivity index (χ0n) is 9.91. The number of carbonyl (C=O) groups is 1. The van der Waals surface area contributed by atoms with Gasteiger partial charge in [0, 0.05) is 18.6 Å². The number of nitrogens with one attached hydrogen (secondary N) is 2. The summed E-state index contributed by atoms with van der Waals surface area (Å²) in [4.78, 5) is 10.8. The minimum absolute atomic E-state index is 0.171. The second-order valence-electron chi connectivity index (χ2n) is 5.27. The van der Waals surface area contributed by atoms with Crippen LogP contribution in [-0.2, 0) is 4.79 Å².